The third kappa shape index (κ3) is 2.58. The summed E-state index contributed by atoms with van der Waals surface area (Å²) in [5, 5.41) is 9.39. The van der Waals surface area contributed by atoms with Crippen LogP contribution in [-0.4, -0.2) is 48.3 Å². The molecule has 1 aliphatic heterocycles. The van der Waals surface area contributed by atoms with Crippen LogP contribution in [0.15, 0.2) is 24.3 Å². The highest BCUT2D eigenvalue weighted by atomic mass is 16.5. The van der Waals surface area contributed by atoms with Crippen LogP contribution in [0.2, 0.25) is 0 Å². The lowest BCUT2D eigenvalue weighted by Crippen LogP contribution is -2.52. The highest BCUT2D eigenvalue weighted by Crippen LogP contribution is 2.27. The fourth-order valence-electron chi connectivity index (χ4n) is 3.24. The van der Waals surface area contributed by atoms with E-state index in [1.807, 2.05) is 11.0 Å². The molecule has 0 radical (unpaired) electrons. The van der Waals surface area contributed by atoms with Crippen LogP contribution in [0, 0.1) is 5.92 Å². The highest BCUT2D eigenvalue weighted by Gasteiger charge is 2.33. The minimum absolute atomic E-state index is 0.0188. The molecule has 2 unspecified atom stereocenters. The van der Waals surface area contributed by atoms with E-state index in [9.17, 15) is 9.90 Å². The Labute approximate surface area is 119 Å². The van der Waals surface area contributed by atoms with Gasteiger partial charge in [0.1, 0.15) is 0 Å². The molecule has 1 fully saturated rings. The topological polar surface area (TPSA) is 49.8 Å². The molecule has 4 heteroatoms. The first-order chi connectivity index (χ1) is 9.79. The molecular weight excluding hydrogens is 254 g/mol. The molecule has 1 aromatic rings. The van der Waals surface area contributed by atoms with Gasteiger partial charge in [0.05, 0.1) is 25.9 Å². The fraction of sp³-hybridized carbons (Fsp3) is 0.562. The number of aliphatic hydroxyl groups is 1. The van der Waals surface area contributed by atoms with Gasteiger partial charge in [-0.3, -0.25) is 4.79 Å². The van der Waals surface area contributed by atoms with Crippen LogP contribution in [0.5, 0.6) is 0 Å². The molecule has 0 bridgehead atoms. The molecule has 1 saturated heterocycles. The molecule has 1 heterocycles. The van der Waals surface area contributed by atoms with Crippen molar-refractivity contribution in [1.82, 2.24) is 4.90 Å². The maximum atomic E-state index is 12.7. The van der Waals surface area contributed by atoms with Crippen LogP contribution < -0.4 is 0 Å². The molecule has 20 heavy (non-hydrogen) atoms. The summed E-state index contributed by atoms with van der Waals surface area (Å²) in [6.45, 7) is 1.61. The molecule has 108 valence electrons. The van der Waals surface area contributed by atoms with E-state index in [-0.39, 0.29) is 24.5 Å². The number of aliphatic hydroxyl groups excluding tert-OH is 1. The highest BCUT2D eigenvalue weighted by molar-refractivity contribution is 5.80. The van der Waals surface area contributed by atoms with E-state index in [1.165, 1.54) is 11.1 Å². The smallest absolute Gasteiger partial charge is 0.226 e. The van der Waals surface area contributed by atoms with E-state index < -0.39 is 0 Å². The number of carbonyl (C=O) groups excluding carboxylic acids is 1. The monoisotopic (exact) mass is 275 g/mol. The van der Waals surface area contributed by atoms with E-state index in [0.717, 1.165) is 19.3 Å². The molecule has 2 atom stereocenters. The maximum Gasteiger partial charge on any atom is 0.226 e. The zero-order valence-corrected chi connectivity index (χ0v) is 11.6. The maximum absolute atomic E-state index is 12.7. The van der Waals surface area contributed by atoms with E-state index in [4.69, 9.17) is 4.74 Å². The molecule has 2 aliphatic rings. The normalized spacial score (nSPS) is 26.1. The number of amides is 1. The average Bonchev–Trinajstić information content (AvgIpc) is 2.53. The lowest BCUT2D eigenvalue weighted by atomic mass is 9.83. The molecule has 0 saturated carbocycles. The lowest BCUT2D eigenvalue weighted by molar-refractivity contribution is -0.146. The Hall–Kier alpha value is -1.39. The lowest BCUT2D eigenvalue weighted by Gasteiger charge is -2.37. The zero-order valence-electron chi connectivity index (χ0n) is 11.6. The second kappa shape index (κ2) is 5.94. The number of hydrogen-bond acceptors (Lipinski definition) is 3. The number of hydrogen-bond donors (Lipinski definition) is 1. The fourth-order valence-corrected chi connectivity index (χ4v) is 3.24. The SMILES string of the molecule is O=C(C1CCc2ccccc2C1)N1CCOCC1CO. The Morgan fingerprint density at radius 3 is 2.95 bits per heavy atom. The van der Waals surface area contributed by atoms with Crippen molar-refractivity contribution in [3.8, 4) is 0 Å². The predicted octanol–water partition coefficient (Wildman–Crippen LogP) is 1.01. The number of carbonyl (C=O) groups is 1. The molecule has 0 spiro atoms. The van der Waals surface area contributed by atoms with Crippen molar-refractivity contribution in [3.05, 3.63) is 35.4 Å². The van der Waals surface area contributed by atoms with Gasteiger partial charge in [0.25, 0.3) is 0 Å². The van der Waals surface area contributed by atoms with Gasteiger partial charge < -0.3 is 14.7 Å². The summed E-state index contributed by atoms with van der Waals surface area (Å²) in [6.07, 6.45) is 2.70. The van der Waals surface area contributed by atoms with Gasteiger partial charge in [-0.1, -0.05) is 24.3 Å². The molecule has 3 rings (SSSR count). The second-order valence-corrected chi connectivity index (χ2v) is 5.65. The summed E-state index contributed by atoms with van der Waals surface area (Å²) in [7, 11) is 0. The quantitative estimate of drug-likeness (QED) is 0.876. The van der Waals surface area contributed by atoms with Crippen molar-refractivity contribution in [1.29, 1.82) is 0 Å². The second-order valence-electron chi connectivity index (χ2n) is 5.65. The Bertz CT molecular complexity index is 488. The number of rotatable bonds is 2. The Kier molecular flexibility index (Phi) is 4.03. The van der Waals surface area contributed by atoms with Gasteiger partial charge in [0.2, 0.25) is 5.91 Å². The standard InChI is InChI=1S/C16H21NO3/c18-10-15-11-20-8-7-17(15)16(19)14-6-5-12-3-1-2-4-13(12)9-14/h1-4,14-15,18H,5-11H2. The average molecular weight is 275 g/mol. The van der Waals surface area contributed by atoms with Crippen LogP contribution in [0.4, 0.5) is 0 Å². The van der Waals surface area contributed by atoms with E-state index in [2.05, 4.69) is 18.2 Å². The van der Waals surface area contributed by atoms with Crippen LogP contribution in [0.1, 0.15) is 17.5 Å². The Balaban J connectivity index is 1.72. The van der Waals surface area contributed by atoms with Gasteiger partial charge >= 0.3 is 0 Å². The third-order valence-corrected chi connectivity index (χ3v) is 4.42. The van der Waals surface area contributed by atoms with Gasteiger partial charge in [-0.15, -0.1) is 0 Å². The van der Waals surface area contributed by atoms with Crippen molar-refractivity contribution >= 4 is 5.91 Å². The van der Waals surface area contributed by atoms with E-state index >= 15 is 0 Å². The third-order valence-electron chi connectivity index (χ3n) is 4.42. The van der Waals surface area contributed by atoms with Crippen LogP contribution in [-0.2, 0) is 22.4 Å². The molecule has 0 aromatic heterocycles. The van der Waals surface area contributed by atoms with Crippen molar-refractivity contribution in [2.24, 2.45) is 5.92 Å². The predicted molar refractivity (Wildman–Crippen MR) is 75.4 cm³/mol. The first-order valence-electron chi connectivity index (χ1n) is 7.35. The summed E-state index contributed by atoms with van der Waals surface area (Å²) >= 11 is 0. The number of aryl methyl sites for hydroxylation is 1. The van der Waals surface area contributed by atoms with Crippen LogP contribution in [0.25, 0.3) is 0 Å². The number of nitrogens with zero attached hydrogens (tertiary/aromatic N) is 1. The largest absolute Gasteiger partial charge is 0.394 e. The minimum atomic E-state index is -0.173. The van der Waals surface area contributed by atoms with Gasteiger partial charge in [0.15, 0.2) is 0 Å². The number of benzene rings is 1. The first kappa shape index (κ1) is 13.6. The van der Waals surface area contributed by atoms with Gasteiger partial charge in [-0.05, 0) is 30.4 Å². The van der Waals surface area contributed by atoms with Gasteiger partial charge in [0, 0.05) is 12.5 Å². The molecule has 1 N–H and O–H groups in total. The zero-order chi connectivity index (χ0) is 13.9. The molecule has 1 aromatic carbocycles. The first-order valence-corrected chi connectivity index (χ1v) is 7.35. The van der Waals surface area contributed by atoms with E-state index in [0.29, 0.717) is 19.8 Å². The number of fused-ring (bicyclic) bond motifs is 1. The number of ether oxygens (including phenoxy) is 1. The summed E-state index contributed by atoms with van der Waals surface area (Å²) in [5.74, 6) is 0.235. The van der Waals surface area contributed by atoms with Crippen molar-refractivity contribution in [2.45, 2.75) is 25.3 Å². The van der Waals surface area contributed by atoms with Crippen LogP contribution in [0.3, 0.4) is 0 Å². The summed E-state index contributed by atoms with van der Waals surface area (Å²) in [6, 6.07) is 8.20. The molecule has 1 amide bonds. The summed E-state index contributed by atoms with van der Waals surface area (Å²) in [5.41, 5.74) is 2.67. The van der Waals surface area contributed by atoms with Crippen molar-refractivity contribution < 1.29 is 14.6 Å². The molecular formula is C16H21NO3. The summed E-state index contributed by atoms with van der Waals surface area (Å²) < 4.78 is 5.34. The van der Waals surface area contributed by atoms with Crippen LogP contribution >= 0.6 is 0 Å². The Morgan fingerprint density at radius 1 is 1.35 bits per heavy atom. The van der Waals surface area contributed by atoms with Gasteiger partial charge in [-0.2, -0.15) is 0 Å². The minimum Gasteiger partial charge on any atom is -0.394 e. The molecule has 4 nitrogen and oxygen atoms in total. The Morgan fingerprint density at radius 2 is 2.15 bits per heavy atom. The molecule has 1 aliphatic carbocycles. The van der Waals surface area contributed by atoms with Crippen molar-refractivity contribution in [3.63, 3.8) is 0 Å². The number of morpholine rings is 1. The summed E-state index contributed by atoms with van der Waals surface area (Å²) in [4.78, 5) is 14.5. The van der Waals surface area contributed by atoms with Gasteiger partial charge in [-0.25, -0.2) is 0 Å². The van der Waals surface area contributed by atoms with Crippen molar-refractivity contribution in [2.75, 3.05) is 26.4 Å². The van der Waals surface area contributed by atoms with E-state index in [1.54, 1.807) is 0 Å².